The molecule has 0 radical (unpaired) electrons. The number of aryl methyl sites for hydroxylation is 2. The Morgan fingerprint density at radius 2 is 1.90 bits per heavy atom. The van der Waals surface area contributed by atoms with Crippen molar-refractivity contribution in [3.8, 4) is 0 Å². The van der Waals surface area contributed by atoms with Gasteiger partial charge in [0.05, 0.1) is 5.56 Å². The molecule has 0 atom stereocenters. The summed E-state index contributed by atoms with van der Waals surface area (Å²) in [5.41, 5.74) is 9.69. The van der Waals surface area contributed by atoms with Crippen LogP contribution < -0.4 is 10.6 Å². The van der Waals surface area contributed by atoms with E-state index in [2.05, 4.69) is 22.0 Å². The first-order chi connectivity index (χ1) is 9.99. The predicted octanol–water partition coefficient (Wildman–Crippen LogP) is 2.66. The Hall–Kier alpha value is -2.36. The number of nitrogens with one attached hydrogen (secondary N) is 1. The van der Waals surface area contributed by atoms with Gasteiger partial charge in [0.15, 0.2) is 0 Å². The zero-order valence-electron chi connectivity index (χ0n) is 12.9. The molecule has 1 aromatic carbocycles. The first-order valence-corrected chi connectivity index (χ1v) is 7.06. The molecule has 4 heteroatoms. The van der Waals surface area contributed by atoms with Crippen LogP contribution in [0.4, 0.5) is 5.82 Å². The van der Waals surface area contributed by atoms with E-state index in [1.54, 1.807) is 0 Å². The highest BCUT2D eigenvalue weighted by Gasteiger charge is 2.15. The SMILES string of the molecule is Cc1cc(C)c(C(=N)N)c(N(C)CCc2ccccc2)n1. The van der Waals surface area contributed by atoms with Gasteiger partial charge in [-0.2, -0.15) is 0 Å². The Morgan fingerprint density at radius 3 is 2.52 bits per heavy atom. The van der Waals surface area contributed by atoms with Crippen LogP contribution in [0.15, 0.2) is 36.4 Å². The standard InChI is InChI=1S/C17H22N4/c1-12-11-13(2)20-17(15(12)16(18)19)21(3)10-9-14-7-5-4-6-8-14/h4-8,11H,9-10H2,1-3H3,(H3,18,19). The molecule has 0 spiro atoms. The third-order valence-corrected chi connectivity index (χ3v) is 3.54. The van der Waals surface area contributed by atoms with E-state index < -0.39 is 0 Å². The second-order valence-corrected chi connectivity index (χ2v) is 5.35. The Labute approximate surface area is 126 Å². The van der Waals surface area contributed by atoms with Crippen LogP contribution in [0.5, 0.6) is 0 Å². The topological polar surface area (TPSA) is 66.0 Å². The van der Waals surface area contributed by atoms with Gasteiger partial charge in [0.2, 0.25) is 0 Å². The highest BCUT2D eigenvalue weighted by Crippen LogP contribution is 2.21. The summed E-state index contributed by atoms with van der Waals surface area (Å²) in [6, 6.07) is 12.3. The fourth-order valence-corrected chi connectivity index (χ4v) is 2.47. The van der Waals surface area contributed by atoms with Gasteiger partial charge >= 0.3 is 0 Å². The lowest BCUT2D eigenvalue weighted by Crippen LogP contribution is -2.26. The van der Waals surface area contributed by atoms with Crippen molar-refractivity contribution in [3.63, 3.8) is 0 Å². The number of nitrogen functional groups attached to an aromatic ring is 1. The molecule has 110 valence electrons. The number of aromatic nitrogens is 1. The summed E-state index contributed by atoms with van der Waals surface area (Å²) in [6.45, 7) is 4.77. The van der Waals surface area contributed by atoms with Crippen LogP contribution in [0.25, 0.3) is 0 Å². The van der Waals surface area contributed by atoms with E-state index >= 15 is 0 Å². The summed E-state index contributed by atoms with van der Waals surface area (Å²) in [6.07, 6.45) is 0.934. The van der Waals surface area contributed by atoms with Crippen LogP contribution >= 0.6 is 0 Å². The number of likely N-dealkylation sites (N-methyl/N-ethyl adjacent to an activating group) is 1. The molecule has 2 rings (SSSR count). The molecule has 3 N–H and O–H groups in total. The molecule has 0 aliphatic heterocycles. The van der Waals surface area contributed by atoms with Gasteiger partial charge in [0.25, 0.3) is 0 Å². The maximum Gasteiger partial charge on any atom is 0.139 e. The molecule has 0 aliphatic carbocycles. The number of nitrogens with two attached hydrogens (primary N) is 1. The van der Waals surface area contributed by atoms with Gasteiger partial charge in [-0.05, 0) is 37.5 Å². The van der Waals surface area contributed by atoms with Crippen LogP contribution in [-0.2, 0) is 6.42 Å². The summed E-state index contributed by atoms with van der Waals surface area (Å²) in [7, 11) is 2.00. The minimum absolute atomic E-state index is 0.0709. The van der Waals surface area contributed by atoms with Gasteiger partial charge in [-0.3, -0.25) is 5.41 Å². The van der Waals surface area contributed by atoms with Gasteiger partial charge in [-0.25, -0.2) is 4.98 Å². The maximum absolute atomic E-state index is 7.79. The van der Waals surface area contributed by atoms with Gasteiger partial charge in [0, 0.05) is 19.3 Å². The van der Waals surface area contributed by atoms with Crippen LogP contribution in [0.3, 0.4) is 0 Å². The highest BCUT2D eigenvalue weighted by molar-refractivity contribution is 6.01. The van der Waals surface area contributed by atoms with Crippen molar-refractivity contribution < 1.29 is 0 Å². The van der Waals surface area contributed by atoms with Crippen molar-refractivity contribution in [3.05, 3.63) is 58.8 Å². The van der Waals surface area contributed by atoms with E-state index in [9.17, 15) is 0 Å². The van der Waals surface area contributed by atoms with Gasteiger partial charge in [-0.15, -0.1) is 0 Å². The molecule has 2 aromatic rings. The average Bonchev–Trinajstić information content (AvgIpc) is 2.44. The number of anilines is 1. The molecular formula is C17H22N4. The maximum atomic E-state index is 7.79. The van der Waals surface area contributed by atoms with Crippen molar-refractivity contribution in [1.29, 1.82) is 5.41 Å². The third kappa shape index (κ3) is 3.60. The summed E-state index contributed by atoms with van der Waals surface area (Å²) in [5, 5.41) is 7.79. The Bertz CT molecular complexity index is 635. The number of rotatable bonds is 5. The quantitative estimate of drug-likeness (QED) is 0.654. The molecule has 0 aliphatic rings. The molecular weight excluding hydrogens is 260 g/mol. The second-order valence-electron chi connectivity index (χ2n) is 5.35. The van der Waals surface area contributed by atoms with E-state index in [1.165, 1.54) is 5.56 Å². The highest BCUT2D eigenvalue weighted by atomic mass is 15.2. The number of hydrogen-bond donors (Lipinski definition) is 2. The van der Waals surface area contributed by atoms with E-state index in [-0.39, 0.29) is 5.84 Å². The molecule has 0 bridgehead atoms. The summed E-state index contributed by atoms with van der Waals surface area (Å²) in [5.74, 6) is 0.859. The lowest BCUT2D eigenvalue weighted by Gasteiger charge is -2.22. The fraction of sp³-hybridized carbons (Fsp3) is 0.294. The van der Waals surface area contributed by atoms with Crippen molar-refractivity contribution in [2.45, 2.75) is 20.3 Å². The van der Waals surface area contributed by atoms with E-state index in [1.807, 2.05) is 45.2 Å². The monoisotopic (exact) mass is 282 g/mol. The minimum Gasteiger partial charge on any atom is -0.384 e. The molecule has 21 heavy (non-hydrogen) atoms. The second kappa shape index (κ2) is 6.39. The van der Waals surface area contributed by atoms with Gasteiger partial charge in [0.1, 0.15) is 11.7 Å². The predicted molar refractivity (Wildman–Crippen MR) is 88.1 cm³/mol. The minimum atomic E-state index is 0.0709. The van der Waals surface area contributed by atoms with E-state index in [0.717, 1.165) is 35.6 Å². The first-order valence-electron chi connectivity index (χ1n) is 7.06. The number of benzene rings is 1. The molecule has 1 aromatic heterocycles. The van der Waals surface area contributed by atoms with Gasteiger partial charge < -0.3 is 10.6 Å². The van der Waals surface area contributed by atoms with E-state index in [4.69, 9.17) is 11.1 Å². The Morgan fingerprint density at radius 1 is 1.24 bits per heavy atom. The lowest BCUT2D eigenvalue weighted by molar-refractivity contribution is 0.853. The number of nitrogens with zero attached hydrogens (tertiary/aromatic N) is 2. The number of amidine groups is 1. The van der Waals surface area contributed by atoms with Crippen molar-refractivity contribution in [1.82, 2.24) is 4.98 Å². The molecule has 0 unspecified atom stereocenters. The smallest absolute Gasteiger partial charge is 0.139 e. The third-order valence-electron chi connectivity index (χ3n) is 3.54. The van der Waals surface area contributed by atoms with Crippen LogP contribution in [0.1, 0.15) is 22.4 Å². The Kier molecular flexibility index (Phi) is 4.58. The summed E-state index contributed by atoms with van der Waals surface area (Å²) in [4.78, 5) is 6.65. The van der Waals surface area contributed by atoms with Crippen molar-refractivity contribution in [2.24, 2.45) is 5.73 Å². The van der Waals surface area contributed by atoms with Crippen molar-refractivity contribution >= 4 is 11.7 Å². The van der Waals surface area contributed by atoms with E-state index in [0.29, 0.717) is 0 Å². The average molecular weight is 282 g/mol. The molecule has 0 saturated heterocycles. The van der Waals surface area contributed by atoms with Crippen molar-refractivity contribution in [2.75, 3.05) is 18.5 Å². The molecule has 0 fully saturated rings. The zero-order chi connectivity index (χ0) is 15.4. The molecule has 0 amide bonds. The van der Waals surface area contributed by atoms with Crippen LogP contribution in [0, 0.1) is 19.3 Å². The molecule has 1 heterocycles. The lowest BCUT2D eigenvalue weighted by atomic mass is 10.1. The normalized spacial score (nSPS) is 10.4. The van der Waals surface area contributed by atoms with Crippen LogP contribution in [0.2, 0.25) is 0 Å². The largest absolute Gasteiger partial charge is 0.384 e. The molecule has 0 saturated carbocycles. The number of pyridine rings is 1. The Balaban J connectivity index is 2.22. The van der Waals surface area contributed by atoms with Gasteiger partial charge in [-0.1, -0.05) is 30.3 Å². The fourth-order valence-electron chi connectivity index (χ4n) is 2.47. The summed E-state index contributed by atoms with van der Waals surface area (Å²) < 4.78 is 0. The summed E-state index contributed by atoms with van der Waals surface area (Å²) >= 11 is 0. The van der Waals surface area contributed by atoms with Crippen LogP contribution in [-0.4, -0.2) is 24.4 Å². The molecule has 4 nitrogen and oxygen atoms in total. The number of hydrogen-bond acceptors (Lipinski definition) is 3. The first kappa shape index (κ1) is 15.0. The zero-order valence-corrected chi connectivity index (χ0v) is 12.9.